The van der Waals surface area contributed by atoms with Gasteiger partial charge in [-0.15, -0.1) is 0 Å². The smallest absolute Gasteiger partial charge is 0.195 e. The molecule has 0 amide bonds. The predicted molar refractivity (Wildman–Crippen MR) is 119 cm³/mol. The van der Waals surface area contributed by atoms with Crippen LogP contribution in [0.15, 0.2) is 78.9 Å². The van der Waals surface area contributed by atoms with E-state index >= 15 is 0 Å². The summed E-state index contributed by atoms with van der Waals surface area (Å²) < 4.78 is 8.58. The summed E-state index contributed by atoms with van der Waals surface area (Å²) in [6.45, 7) is 3.43. The van der Waals surface area contributed by atoms with Gasteiger partial charge in [0.2, 0.25) is 0 Å². The first-order valence-electron chi connectivity index (χ1n) is 9.67. The molecule has 0 atom stereocenters. The van der Waals surface area contributed by atoms with E-state index in [0.717, 1.165) is 35.7 Å². The van der Waals surface area contributed by atoms with Crippen molar-refractivity contribution in [3.8, 4) is 17.1 Å². The number of nitrogens with zero attached hydrogens (tertiary/aromatic N) is 2. The number of aryl methyl sites for hydroxylation is 2. The number of nitrogens with one attached hydrogen (secondary N) is 1. The molecule has 29 heavy (non-hydrogen) atoms. The fourth-order valence-corrected chi connectivity index (χ4v) is 3.51. The van der Waals surface area contributed by atoms with E-state index in [1.807, 2.05) is 42.5 Å². The Labute approximate surface area is 175 Å². The Kier molecular flexibility index (Phi) is 5.86. The van der Waals surface area contributed by atoms with Gasteiger partial charge in [0.05, 0.1) is 0 Å². The van der Waals surface area contributed by atoms with Crippen LogP contribution in [0.2, 0.25) is 0 Å². The minimum absolute atomic E-state index is 0.574. The zero-order valence-electron chi connectivity index (χ0n) is 16.3. The number of aromatic nitrogens is 3. The van der Waals surface area contributed by atoms with E-state index in [-0.39, 0.29) is 0 Å². The van der Waals surface area contributed by atoms with Crippen molar-refractivity contribution in [1.82, 2.24) is 14.8 Å². The third-order valence-corrected chi connectivity index (χ3v) is 5.25. The van der Waals surface area contributed by atoms with Crippen molar-refractivity contribution in [3.63, 3.8) is 0 Å². The lowest BCUT2D eigenvalue weighted by Crippen LogP contribution is -2.04. The van der Waals surface area contributed by atoms with Crippen LogP contribution in [0, 0.1) is 11.7 Å². The topological polar surface area (TPSA) is 42.8 Å². The third kappa shape index (κ3) is 4.63. The monoisotopic (exact) mass is 401 g/mol. The minimum atomic E-state index is 0.574. The molecule has 146 valence electrons. The van der Waals surface area contributed by atoms with Gasteiger partial charge in [-0.05, 0) is 54.4 Å². The van der Waals surface area contributed by atoms with Gasteiger partial charge in [0.15, 0.2) is 10.6 Å². The first kappa shape index (κ1) is 19.2. The normalized spacial score (nSPS) is 10.8. The van der Waals surface area contributed by atoms with Crippen LogP contribution in [0.1, 0.15) is 16.7 Å². The van der Waals surface area contributed by atoms with Crippen molar-refractivity contribution in [3.05, 3.63) is 100 Å². The van der Waals surface area contributed by atoms with Crippen molar-refractivity contribution < 1.29 is 4.74 Å². The number of aromatic amines is 1. The second-order valence-electron chi connectivity index (χ2n) is 6.99. The number of hydrogen-bond acceptors (Lipinski definition) is 3. The van der Waals surface area contributed by atoms with Crippen LogP contribution in [0.25, 0.3) is 11.4 Å². The van der Waals surface area contributed by atoms with Gasteiger partial charge in [0.25, 0.3) is 0 Å². The van der Waals surface area contributed by atoms with Gasteiger partial charge >= 0.3 is 0 Å². The zero-order valence-corrected chi connectivity index (χ0v) is 17.2. The Morgan fingerprint density at radius 2 is 1.62 bits per heavy atom. The summed E-state index contributed by atoms with van der Waals surface area (Å²) in [6, 6.07) is 26.7. The van der Waals surface area contributed by atoms with Gasteiger partial charge < -0.3 is 4.74 Å². The van der Waals surface area contributed by atoms with Crippen LogP contribution in [-0.2, 0) is 19.6 Å². The number of ether oxygens (including phenoxy) is 1. The highest BCUT2D eigenvalue weighted by molar-refractivity contribution is 7.71. The minimum Gasteiger partial charge on any atom is -0.489 e. The molecular weight excluding hydrogens is 378 g/mol. The number of rotatable bonds is 7. The Morgan fingerprint density at radius 1 is 0.897 bits per heavy atom. The Morgan fingerprint density at radius 3 is 2.38 bits per heavy atom. The summed E-state index contributed by atoms with van der Waals surface area (Å²) in [5.41, 5.74) is 4.68. The molecule has 5 heteroatoms. The summed E-state index contributed by atoms with van der Waals surface area (Å²) in [4.78, 5) is 0. The molecule has 0 bridgehead atoms. The van der Waals surface area contributed by atoms with E-state index in [4.69, 9.17) is 17.0 Å². The number of H-pyrrole nitrogens is 1. The molecule has 0 aliphatic carbocycles. The second-order valence-corrected chi connectivity index (χ2v) is 7.37. The first-order chi connectivity index (χ1) is 14.2. The van der Waals surface area contributed by atoms with Gasteiger partial charge in [-0.3, -0.25) is 9.67 Å². The summed E-state index contributed by atoms with van der Waals surface area (Å²) in [7, 11) is 0. The third-order valence-electron chi connectivity index (χ3n) is 4.94. The van der Waals surface area contributed by atoms with Crippen LogP contribution in [0.5, 0.6) is 5.75 Å². The predicted octanol–water partition coefficient (Wildman–Crippen LogP) is 5.74. The molecule has 1 heterocycles. The van der Waals surface area contributed by atoms with Gasteiger partial charge in [-0.25, -0.2) is 0 Å². The molecule has 0 aliphatic heterocycles. The van der Waals surface area contributed by atoms with Crippen molar-refractivity contribution in [2.24, 2.45) is 0 Å². The summed E-state index contributed by atoms with van der Waals surface area (Å²) in [5, 5.41) is 7.39. The Hall–Kier alpha value is -3.18. The maximum Gasteiger partial charge on any atom is 0.195 e. The maximum atomic E-state index is 5.87. The lowest BCUT2D eigenvalue weighted by molar-refractivity contribution is 0.306. The molecular formula is C24H23N3OS. The van der Waals surface area contributed by atoms with E-state index in [1.165, 1.54) is 11.1 Å². The van der Waals surface area contributed by atoms with Gasteiger partial charge in [0, 0.05) is 12.1 Å². The van der Waals surface area contributed by atoms with Crippen molar-refractivity contribution >= 4 is 12.2 Å². The highest BCUT2D eigenvalue weighted by Crippen LogP contribution is 2.22. The second kappa shape index (κ2) is 8.88. The zero-order chi connectivity index (χ0) is 20.1. The van der Waals surface area contributed by atoms with Crippen LogP contribution in [0.4, 0.5) is 0 Å². The molecule has 0 aliphatic rings. The van der Waals surface area contributed by atoms with E-state index in [2.05, 4.69) is 58.1 Å². The van der Waals surface area contributed by atoms with Crippen LogP contribution >= 0.6 is 12.2 Å². The molecule has 4 aromatic rings. The molecule has 0 fully saturated rings. The SMILES string of the molecule is Cc1ccccc1-c1n[nH]c(=S)n1CCc1ccc(OCc2ccccc2)cc1. The van der Waals surface area contributed by atoms with E-state index in [9.17, 15) is 0 Å². The summed E-state index contributed by atoms with van der Waals surface area (Å²) in [5.74, 6) is 1.76. The van der Waals surface area contributed by atoms with Crippen LogP contribution in [-0.4, -0.2) is 14.8 Å². The van der Waals surface area contributed by atoms with Gasteiger partial charge in [-0.1, -0.05) is 66.7 Å². The Bertz CT molecular complexity index is 1130. The molecule has 4 rings (SSSR count). The number of benzene rings is 3. The van der Waals surface area contributed by atoms with Crippen molar-refractivity contribution in [2.75, 3.05) is 0 Å². The molecule has 0 spiro atoms. The van der Waals surface area contributed by atoms with Crippen molar-refractivity contribution in [1.29, 1.82) is 0 Å². The van der Waals surface area contributed by atoms with Gasteiger partial charge in [0.1, 0.15) is 12.4 Å². The van der Waals surface area contributed by atoms with E-state index in [0.29, 0.717) is 11.4 Å². The molecule has 0 saturated heterocycles. The van der Waals surface area contributed by atoms with Gasteiger partial charge in [-0.2, -0.15) is 5.10 Å². The van der Waals surface area contributed by atoms with Crippen LogP contribution in [0.3, 0.4) is 0 Å². The maximum absolute atomic E-state index is 5.87. The molecule has 0 radical (unpaired) electrons. The van der Waals surface area contributed by atoms with E-state index in [1.54, 1.807) is 0 Å². The highest BCUT2D eigenvalue weighted by atomic mass is 32.1. The van der Waals surface area contributed by atoms with E-state index < -0.39 is 0 Å². The summed E-state index contributed by atoms with van der Waals surface area (Å²) in [6.07, 6.45) is 0.867. The average Bonchev–Trinajstić information content (AvgIpc) is 3.13. The highest BCUT2D eigenvalue weighted by Gasteiger charge is 2.11. The van der Waals surface area contributed by atoms with Crippen LogP contribution < -0.4 is 4.74 Å². The first-order valence-corrected chi connectivity index (χ1v) is 10.1. The molecule has 1 N–H and O–H groups in total. The number of hydrogen-bond donors (Lipinski definition) is 1. The molecule has 3 aromatic carbocycles. The Balaban J connectivity index is 1.42. The quantitative estimate of drug-likeness (QED) is 0.402. The summed E-state index contributed by atoms with van der Waals surface area (Å²) >= 11 is 5.46. The fraction of sp³-hybridized carbons (Fsp3) is 0.167. The fourth-order valence-electron chi connectivity index (χ4n) is 3.29. The molecule has 0 saturated carbocycles. The standard InChI is InChI=1S/C24H23N3OS/c1-18-7-5-6-10-22(18)23-25-26-24(29)27(23)16-15-19-11-13-21(14-12-19)28-17-20-8-3-2-4-9-20/h2-14H,15-17H2,1H3,(H,26,29). The molecule has 4 nitrogen and oxygen atoms in total. The average molecular weight is 402 g/mol. The van der Waals surface area contributed by atoms with Crippen molar-refractivity contribution in [2.45, 2.75) is 26.5 Å². The molecule has 0 unspecified atom stereocenters. The lowest BCUT2D eigenvalue weighted by atomic mass is 10.1. The largest absolute Gasteiger partial charge is 0.489 e. The lowest BCUT2D eigenvalue weighted by Gasteiger charge is -2.10. The molecule has 1 aromatic heterocycles.